The molecule has 0 N–H and O–H groups in total. The predicted octanol–water partition coefficient (Wildman–Crippen LogP) is 4.70. The van der Waals surface area contributed by atoms with Gasteiger partial charge in [-0.15, -0.1) is 0 Å². The molecule has 0 amide bonds. The Labute approximate surface area is 175 Å². The molecule has 7 heteroatoms. The summed E-state index contributed by atoms with van der Waals surface area (Å²) in [4.78, 5) is 12.7. The van der Waals surface area contributed by atoms with Crippen LogP contribution < -0.4 is 14.0 Å². The topological polar surface area (TPSA) is 66.4 Å². The summed E-state index contributed by atoms with van der Waals surface area (Å²) in [7, 11) is -1.14. The lowest BCUT2D eigenvalue weighted by Crippen LogP contribution is -2.37. The Balaban J connectivity index is 1.62. The van der Waals surface area contributed by atoms with Gasteiger partial charge in [0.15, 0.2) is 11.8 Å². The molecule has 4 aromatic rings. The van der Waals surface area contributed by atoms with Crippen molar-refractivity contribution in [1.82, 2.24) is 15.0 Å². The van der Waals surface area contributed by atoms with Crippen LogP contribution in [0.3, 0.4) is 0 Å². The molecule has 0 saturated carbocycles. The van der Waals surface area contributed by atoms with E-state index in [0.717, 1.165) is 16.7 Å². The first-order chi connectivity index (χ1) is 14.8. The third-order valence-corrected chi connectivity index (χ3v) is 4.15. The largest absolute Gasteiger partial charge is 0.867 e. The third kappa shape index (κ3) is 4.83. The quantitative estimate of drug-likeness (QED) is 0.403. The summed E-state index contributed by atoms with van der Waals surface area (Å²) in [5.74, 6) is 1.07. The van der Waals surface area contributed by atoms with Crippen LogP contribution in [0.4, 0.5) is 0 Å². The van der Waals surface area contributed by atoms with Crippen molar-refractivity contribution < 1.29 is 14.0 Å². The van der Waals surface area contributed by atoms with Gasteiger partial charge < -0.3 is 14.0 Å². The molecule has 0 bridgehead atoms. The van der Waals surface area contributed by atoms with Crippen molar-refractivity contribution in [3.05, 3.63) is 104 Å². The Hall–Kier alpha value is -4.13. The SMILES string of the molecule is C=Cc1ccc(-c2cccnc2OB(Oc2ccccn2)Oc2ccccn2)cc1. The Morgan fingerprint density at radius 2 is 1.30 bits per heavy atom. The van der Waals surface area contributed by atoms with Crippen LogP contribution in [0.25, 0.3) is 17.2 Å². The molecule has 4 rings (SSSR count). The van der Waals surface area contributed by atoms with Crippen LogP contribution >= 0.6 is 0 Å². The molecule has 0 atom stereocenters. The van der Waals surface area contributed by atoms with Gasteiger partial charge in [-0.05, 0) is 47.5 Å². The molecule has 3 heterocycles. The monoisotopic (exact) mass is 395 g/mol. The van der Waals surface area contributed by atoms with Crippen LogP contribution in [-0.2, 0) is 0 Å². The zero-order valence-electron chi connectivity index (χ0n) is 16.1. The van der Waals surface area contributed by atoms with Gasteiger partial charge in [0.05, 0.1) is 0 Å². The molecule has 146 valence electrons. The Kier molecular flexibility index (Phi) is 6.01. The number of hydrogen-bond acceptors (Lipinski definition) is 6. The van der Waals surface area contributed by atoms with Crippen molar-refractivity contribution in [2.45, 2.75) is 0 Å². The Bertz CT molecular complexity index is 1050. The highest BCUT2D eigenvalue weighted by molar-refractivity contribution is 6.39. The number of hydrogen-bond donors (Lipinski definition) is 0. The van der Waals surface area contributed by atoms with Crippen molar-refractivity contribution in [3.63, 3.8) is 0 Å². The fraction of sp³-hybridized carbons (Fsp3) is 0. The second kappa shape index (κ2) is 9.38. The lowest BCUT2D eigenvalue weighted by atomic mass is 10.0. The second-order valence-corrected chi connectivity index (χ2v) is 6.16. The highest BCUT2D eigenvalue weighted by Gasteiger charge is 2.32. The molecular weight excluding hydrogens is 377 g/mol. The van der Waals surface area contributed by atoms with Crippen LogP contribution in [0.15, 0.2) is 98.0 Å². The second-order valence-electron chi connectivity index (χ2n) is 6.16. The van der Waals surface area contributed by atoms with E-state index in [1.807, 2.05) is 48.5 Å². The molecule has 0 spiro atoms. The molecule has 1 aromatic carbocycles. The first-order valence-electron chi connectivity index (χ1n) is 9.32. The fourth-order valence-electron chi connectivity index (χ4n) is 2.70. The van der Waals surface area contributed by atoms with Gasteiger partial charge in [0.2, 0.25) is 5.88 Å². The number of aromatic nitrogens is 3. The van der Waals surface area contributed by atoms with Crippen LogP contribution in [-0.4, -0.2) is 22.3 Å². The molecule has 0 aliphatic carbocycles. The van der Waals surface area contributed by atoms with Crippen molar-refractivity contribution in [2.75, 3.05) is 0 Å². The van der Waals surface area contributed by atoms with Gasteiger partial charge in [-0.25, -0.2) is 15.0 Å². The molecule has 0 fully saturated rings. The number of benzene rings is 1. The summed E-state index contributed by atoms with van der Waals surface area (Å²) in [5.41, 5.74) is 2.77. The molecule has 0 unspecified atom stereocenters. The number of nitrogens with zero attached hydrogens (tertiary/aromatic N) is 3. The van der Waals surface area contributed by atoms with E-state index in [-0.39, 0.29) is 0 Å². The summed E-state index contributed by atoms with van der Waals surface area (Å²) in [6.07, 6.45) is 6.69. The van der Waals surface area contributed by atoms with E-state index in [1.165, 1.54) is 0 Å². The summed E-state index contributed by atoms with van der Waals surface area (Å²) in [6, 6.07) is 22.3. The summed E-state index contributed by atoms with van der Waals surface area (Å²) in [6.45, 7) is 3.79. The van der Waals surface area contributed by atoms with Gasteiger partial charge in [-0.1, -0.05) is 49.1 Å². The molecule has 3 aromatic heterocycles. The van der Waals surface area contributed by atoms with E-state index in [9.17, 15) is 0 Å². The average Bonchev–Trinajstić information content (AvgIpc) is 2.81. The van der Waals surface area contributed by atoms with E-state index in [2.05, 4.69) is 21.5 Å². The van der Waals surface area contributed by atoms with E-state index in [4.69, 9.17) is 14.0 Å². The molecule has 30 heavy (non-hydrogen) atoms. The molecule has 0 aliphatic heterocycles. The normalized spacial score (nSPS) is 10.1. The Morgan fingerprint density at radius 1 is 0.667 bits per heavy atom. The minimum absolute atomic E-state index is 0.353. The van der Waals surface area contributed by atoms with Crippen molar-refractivity contribution in [1.29, 1.82) is 0 Å². The van der Waals surface area contributed by atoms with Gasteiger partial charge in [0.1, 0.15) is 0 Å². The fourth-order valence-corrected chi connectivity index (χ4v) is 2.70. The number of rotatable bonds is 8. The predicted molar refractivity (Wildman–Crippen MR) is 116 cm³/mol. The third-order valence-electron chi connectivity index (χ3n) is 4.15. The maximum atomic E-state index is 6.01. The van der Waals surface area contributed by atoms with Crippen molar-refractivity contribution >= 4 is 13.4 Å². The van der Waals surface area contributed by atoms with Crippen molar-refractivity contribution in [3.8, 4) is 28.8 Å². The Morgan fingerprint density at radius 3 is 1.87 bits per heavy atom. The smallest absolute Gasteiger partial charge is 0.474 e. The lowest BCUT2D eigenvalue weighted by Gasteiger charge is -2.16. The lowest BCUT2D eigenvalue weighted by molar-refractivity contribution is 0.293. The first-order valence-corrected chi connectivity index (χ1v) is 9.32. The van der Waals surface area contributed by atoms with Gasteiger partial charge >= 0.3 is 7.32 Å². The highest BCUT2D eigenvalue weighted by atomic mass is 16.7. The van der Waals surface area contributed by atoms with E-state index < -0.39 is 7.32 Å². The zero-order valence-corrected chi connectivity index (χ0v) is 16.1. The molecular formula is C23H18BN3O3. The molecule has 6 nitrogen and oxygen atoms in total. The van der Waals surface area contributed by atoms with E-state index in [0.29, 0.717) is 17.6 Å². The average molecular weight is 395 g/mol. The molecule has 0 aliphatic rings. The minimum Gasteiger partial charge on any atom is -0.474 e. The van der Waals surface area contributed by atoms with E-state index in [1.54, 1.807) is 48.9 Å². The molecule has 0 saturated heterocycles. The first kappa shape index (κ1) is 19.2. The van der Waals surface area contributed by atoms with Crippen LogP contribution in [0, 0.1) is 0 Å². The van der Waals surface area contributed by atoms with Gasteiger partial charge in [-0.2, -0.15) is 0 Å². The maximum absolute atomic E-state index is 6.01. The van der Waals surface area contributed by atoms with Gasteiger partial charge in [0, 0.05) is 24.2 Å². The molecule has 0 radical (unpaired) electrons. The van der Waals surface area contributed by atoms with Crippen LogP contribution in [0.5, 0.6) is 17.6 Å². The maximum Gasteiger partial charge on any atom is 0.867 e. The van der Waals surface area contributed by atoms with Gasteiger partial charge in [0.25, 0.3) is 0 Å². The summed E-state index contributed by atoms with van der Waals surface area (Å²) >= 11 is 0. The van der Waals surface area contributed by atoms with Crippen molar-refractivity contribution in [2.24, 2.45) is 0 Å². The highest BCUT2D eigenvalue weighted by Crippen LogP contribution is 2.29. The minimum atomic E-state index is -1.14. The van der Waals surface area contributed by atoms with Crippen LogP contribution in [0.1, 0.15) is 5.56 Å². The standard InChI is InChI=1S/C23H18BN3O3/c1-2-18-11-13-19(14-12-18)20-8-7-17-27-23(20)30-24(28-21-9-3-5-15-25-21)29-22-10-4-6-16-26-22/h2-17H,1H2. The zero-order chi connectivity index (χ0) is 20.6. The summed E-state index contributed by atoms with van der Waals surface area (Å²) in [5, 5.41) is 0. The van der Waals surface area contributed by atoms with Crippen LogP contribution in [0.2, 0.25) is 0 Å². The summed E-state index contributed by atoms with van der Waals surface area (Å²) < 4.78 is 17.6. The number of pyridine rings is 3. The van der Waals surface area contributed by atoms with E-state index >= 15 is 0 Å². The van der Waals surface area contributed by atoms with Gasteiger partial charge in [-0.3, -0.25) is 0 Å².